The van der Waals surface area contributed by atoms with Crippen LogP contribution < -0.4 is 5.32 Å². The Labute approximate surface area is 126 Å². The van der Waals surface area contributed by atoms with E-state index in [2.05, 4.69) is 12.2 Å². The van der Waals surface area contributed by atoms with Crippen LogP contribution in [0, 0.1) is 5.92 Å². The highest BCUT2D eigenvalue weighted by Gasteiger charge is 2.46. The Morgan fingerprint density at radius 3 is 3.00 bits per heavy atom. The first-order valence-corrected chi connectivity index (χ1v) is 7.84. The Kier molecular flexibility index (Phi) is 3.89. The highest BCUT2D eigenvalue weighted by Crippen LogP contribution is 2.42. The molecule has 1 saturated carbocycles. The van der Waals surface area contributed by atoms with Crippen molar-refractivity contribution < 1.29 is 9.53 Å². The molecule has 1 aliphatic carbocycles. The zero-order valence-electron chi connectivity index (χ0n) is 12.9. The number of hydrogen-bond acceptors (Lipinski definition) is 3. The molecule has 0 aromatic heterocycles. The lowest BCUT2D eigenvalue weighted by Crippen LogP contribution is -2.62. The van der Waals surface area contributed by atoms with E-state index in [1.165, 1.54) is 6.42 Å². The minimum absolute atomic E-state index is 0.135. The van der Waals surface area contributed by atoms with Crippen molar-refractivity contribution in [2.45, 2.75) is 38.3 Å². The van der Waals surface area contributed by atoms with Crippen LogP contribution in [0.5, 0.6) is 0 Å². The molecule has 1 aromatic rings. The van der Waals surface area contributed by atoms with Gasteiger partial charge in [0, 0.05) is 19.3 Å². The molecule has 0 radical (unpaired) electrons. The molecule has 1 heterocycles. The summed E-state index contributed by atoms with van der Waals surface area (Å²) in [6.45, 7) is 3.50. The van der Waals surface area contributed by atoms with Crippen LogP contribution in [0.4, 0.5) is 5.69 Å². The zero-order valence-corrected chi connectivity index (χ0v) is 12.9. The van der Waals surface area contributed by atoms with Crippen LogP contribution in [0.15, 0.2) is 24.3 Å². The van der Waals surface area contributed by atoms with Crippen molar-refractivity contribution in [3.05, 3.63) is 29.8 Å². The second-order valence-electron chi connectivity index (χ2n) is 6.35. The Bertz CT molecular complexity index is 531. The molecule has 0 bridgehead atoms. The van der Waals surface area contributed by atoms with Gasteiger partial charge in [0.25, 0.3) is 5.91 Å². The van der Waals surface area contributed by atoms with E-state index in [9.17, 15) is 4.79 Å². The van der Waals surface area contributed by atoms with E-state index in [0.29, 0.717) is 19.1 Å². The van der Waals surface area contributed by atoms with E-state index in [1.54, 1.807) is 7.11 Å². The summed E-state index contributed by atoms with van der Waals surface area (Å²) in [6.07, 6.45) is 4.43. The van der Waals surface area contributed by atoms with E-state index < -0.39 is 0 Å². The summed E-state index contributed by atoms with van der Waals surface area (Å²) in [5.41, 5.74) is 1.52. The summed E-state index contributed by atoms with van der Waals surface area (Å²) in [5, 5.41) is 3.68. The molecule has 1 amide bonds. The van der Waals surface area contributed by atoms with Gasteiger partial charge >= 0.3 is 0 Å². The van der Waals surface area contributed by atoms with Gasteiger partial charge in [0.2, 0.25) is 0 Å². The topological polar surface area (TPSA) is 41.6 Å². The van der Waals surface area contributed by atoms with Gasteiger partial charge in [0.1, 0.15) is 5.66 Å². The van der Waals surface area contributed by atoms with Crippen molar-refractivity contribution in [1.82, 2.24) is 4.90 Å². The van der Waals surface area contributed by atoms with Crippen LogP contribution in [0.3, 0.4) is 0 Å². The maximum absolute atomic E-state index is 12.9. The number of methoxy groups -OCH3 is 1. The Hall–Kier alpha value is -1.55. The number of rotatable bonds is 3. The predicted octanol–water partition coefficient (Wildman–Crippen LogP) is 3.11. The van der Waals surface area contributed by atoms with Crippen LogP contribution in [0.1, 0.15) is 43.0 Å². The smallest absolute Gasteiger partial charge is 0.257 e. The molecule has 3 rings (SSSR count). The van der Waals surface area contributed by atoms with Gasteiger partial charge in [-0.05, 0) is 37.3 Å². The Morgan fingerprint density at radius 1 is 1.43 bits per heavy atom. The second kappa shape index (κ2) is 5.68. The fraction of sp³-hybridized carbons (Fsp3) is 0.588. The third kappa shape index (κ3) is 2.53. The number of hydrogen-bond donors (Lipinski definition) is 1. The number of para-hydroxylation sites is 1. The maximum atomic E-state index is 12.9. The number of anilines is 1. The number of benzene rings is 1. The number of nitrogens with zero attached hydrogens (tertiary/aromatic N) is 1. The van der Waals surface area contributed by atoms with Crippen molar-refractivity contribution in [1.29, 1.82) is 0 Å². The first kappa shape index (κ1) is 14.4. The van der Waals surface area contributed by atoms with Gasteiger partial charge in [-0.3, -0.25) is 4.79 Å². The molecule has 0 saturated heterocycles. The van der Waals surface area contributed by atoms with Crippen molar-refractivity contribution >= 4 is 11.6 Å². The summed E-state index contributed by atoms with van der Waals surface area (Å²) >= 11 is 0. The fourth-order valence-electron chi connectivity index (χ4n) is 3.82. The molecule has 2 unspecified atom stereocenters. The minimum Gasteiger partial charge on any atom is -0.383 e. The average Bonchev–Trinajstić information content (AvgIpc) is 2.47. The average molecular weight is 288 g/mol. The molecular formula is C17H24N2O2. The lowest BCUT2D eigenvalue weighted by Gasteiger charge is -2.52. The molecule has 1 spiro atoms. The van der Waals surface area contributed by atoms with Crippen molar-refractivity contribution in [2.75, 3.05) is 25.6 Å². The summed E-state index contributed by atoms with van der Waals surface area (Å²) < 4.78 is 5.22. The number of amides is 1. The van der Waals surface area contributed by atoms with E-state index in [0.717, 1.165) is 30.5 Å². The molecule has 21 heavy (non-hydrogen) atoms. The summed E-state index contributed by atoms with van der Waals surface area (Å²) in [4.78, 5) is 14.9. The summed E-state index contributed by atoms with van der Waals surface area (Å²) in [7, 11) is 1.69. The third-order valence-electron chi connectivity index (χ3n) is 4.78. The molecule has 4 heteroatoms. The number of nitrogens with one attached hydrogen (secondary N) is 1. The zero-order chi connectivity index (χ0) is 14.9. The third-order valence-corrected chi connectivity index (χ3v) is 4.78. The molecule has 114 valence electrons. The lowest BCUT2D eigenvalue weighted by molar-refractivity contribution is 0.0224. The SMILES string of the molecule is COCCN1C(=O)c2ccccc2NC12CCCC(C)C2. The van der Waals surface area contributed by atoms with Gasteiger partial charge in [0.15, 0.2) is 0 Å². The molecule has 1 aromatic carbocycles. The van der Waals surface area contributed by atoms with Crippen molar-refractivity contribution in [3.63, 3.8) is 0 Å². The minimum atomic E-state index is -0.234. The maximum Gasteiger partial charge on any atom is 0.257 e. The molecule has 1 fully saturated rings. The molecule has 4 nitrogen and oxygen atoms in total. The van der Waals surface area contributed by atoms with E-state index in [4.69, 9.17) is 4.74 Å². The predicted molar refractivity (Wildman–Crippen MR) is 83.3 cm³/mol. The number of ether oxygens (including phenoxy) is 1. The Balaban J connectivity index is 1.98. The van der Waals surface area contributed by atoms with Crippen LogP contribution in [0.2, 0.25) is 0 Å². The fourth-order valence-corrected chi connectivity index (χ4v) is 3.82. The van der Waals surface area contributed by atoms with E-state index >= 15 is 0 Å². The van der Waals surface area contributed by atoms with Crippen molar-refractivity contribution in [3.8, 4) is 0 Å². The molecule has 2 atom stereocenters. The normalized spacial score (nSPS) is 28.4. The van der Waals surface area contributed by atoms with Gasteiger partial charge in [-0.25, -0.2) is 0 Å². The molecule has 1 aliphatic heterocycles. The summed E-state index contributed by atoms with van der Waals surface area (Å²) in [6, 6.07) is 7.84. The first-order valence-electron chi connectivity index (χ1n) is 7.84. The molecular weight excluding hydrogens is 264 g/mol. The van der Waals surface area contributed by atoms with Gasteiger partial charge in [-0.2, -0.15) is 0 Å². The van der Waals surface area contributed by atoms with Crippen LogP contribution in [0.25, 0.3) is 0 Å². The molecule has 2 aliphatic rings. The molecule has 1 N–H and O–H groups in total. The highest BCUT2D eigenvalue weighted by molar-refractivity contribution is 6.02. The standard InChI is InChI=1S/C17H24N2O2/c1-13-6-5-9-17(12-13)18-15-8-4-3-7-14(15)16(20)19(17)10-11-21-2/h3-4,7-8,13,18H,5-6,9-12H2,1-2H3. The first-order chi connectivity index (χ1) is 10.2. The van der Waals surface area contributed by atoms with E-state index in [1.807, 2.05) is 29.2 Å². The summed E-state index contributed by atoms with van der Waals surface area (Å²) in [5.74, 6) is 0.768. The van der Waals surface area contributed by atoms with Crippen LogP contribution >= 0.6 is 0 Å². The number of carbonyl (C=O) groups is 1. The van der Waals surface area contributed by atoms with Crippen molar-refractivity contribution in [2.24, 2.45) is 5.92 Å². The quantitative estimate of drug-likeness (QED) is 0.929. The van der Waals surface area contributed by atoms with Gasteiger partial charge < -0.3 is 15.0 Å². The number of fused-ring (bicyclic) bond motifs is 1. The van der Waals surface area contributed by atoms with Gasteiger partial charge in [-0.15, -0.1) is 0 Å². The monoisotopic (exact) mass is 288 g/mol. The van der Waals surface area contributed by atoms with Gasteiger partial charge in [0.05, 0.1) is 12.2 Å². The van der Waals surface area contributed by atoms with Crippen LogP contribution in [-0.2, 0) is 4.74 Å². The van der Waals surface area contributed by atoms with Crippen LogP contribution in [-0.4, -0.2) is 36.7 Å². The second-order valence-corrected chi connectivity index (χ2v) is 6.35. The van der Waals surface area contributed by atoms with E-state index in [-0.39, 0.29) is 11.6 Å². The number of carbonyl (C=O) groups excluding carboxylic acids is 1. The Morgan fingerprint density at radius 2 is 2.24 bits per heavy atom. The lowest BCUT2D eigenvalue weighted by atomic mass is 9.79. The highest BCUT2D eigenvalue weighted by atomic mass is 16.5. The van der Waals surface area contributed by atoms with Gasteiger partial charge in [-0.1, -0.05) is 25.5 Å². The largest absolute Gasteiger partial charge is 0.383 e.